The van der Waals surface area contributed by atoms with Crippen molar-refractivity contribution in [1.82, 2.24) is 5.32 Å². The molecule has 130 valence electrons. The molecule has 0 saturated carbocycles. The molecule has 0 radical (unpaired) electrons. The second kappa shape index (κ2) is 8.92. The highest BCUT2D eigenvalue weighted by molar-refractivity contribution is 5.85. The quantitative estimate of drug-likeness (QED) is 0.898. The lowest BCUT2D eigenvalue weighted by Gasteiger charge is -2.32. The van der Waals surface area contributed by atoms with Crippen molar-refractivity contribution in [2.45, 2.75) is 12.0 Å². The summed E-state index contributed by atoms with van der Waals surface area (Å²) in [5.74, 6) is 1.65. The molecule has 1 fully saturated rings. The van der Waals surface area contributed by atoms with E-state index in [4.69, 9.17) is 14.2 Å². The maximum atomic E-state index is 6.23. The van der Waals surface area contributed by atoms with Gasteiger partial charge in [0.05, 0.1) is 13.7 Å². The molecule has 1 aliphatic heterocycles. The van der Waals surface area contributed by atoms with Crippen molar-refractivity contribution < 1.29 is 14.2 Å². The lowest BCUT2D eigenvalue weighted by atomic mass is 9.91. The third kappa shape index (κ3) is 4.41. The van der Waals surface area contributed by atoms with E-state index in [9.17, 15) is 0 Å². The van der Waals surface area contributed by atoms with Gasteiger partial charge in [-0.05, 0) is 42.8 Å². The average Bonchev–Trinajstić information content (AvgIpc) is 2.88. The molecule has 1 aliphatic rings. The molecular formula is C19H24ClNO3. The Bertz CT molecular complexity index is 596. The van der Waals surface area contributed by atoms with Gasteiger partial charge < -0.3 is 19.5 Å². The van der Waals surface area contributed by atoms with Crippen LogP contribution in [0.2, 0.25) is 0 Å². The van der Waals surface area contributed by atoms with Crippen LogP contribution in [0, 0.1) is 0 Å². The molecule has 1 unspecified atom stereocenters. The summed E-state index contributed by atoms with van der Waals surface area (Å²) in [4.78, 5) is 0. The summed E-state index contributed by atoms with van der Waals surface area (Å²) in [6.45, 7) is 2.96. The molecule has 1 heterocycles. The van der Waals surface area contributed by atoms with E-state index >= 15 is 0 Å². The molecule has 5 heteroatoms. The molecule has 0 bridgehead atoms. The SMILES string of the molecule is COc1ccc(OCC2(c3ccccc3)CCNCCO2)cc1.Cl. The fourth-order valence-electron chi connectivity index (χ4n) is 2.84. The number of benzene rings is 2. The van der Waals surface area contributed by atoms with Crippen LogP contribution < -0.4 is 14.8 Å². The van der Waals surface area contributed by atoms with Crippen molar-refractivity contribution in [1.29, 1.82) is 0 Å². The molecular weight excluding hydrogens is 326 g/mol. The number of hydrogen-bond donors (Lipinski definition) is 1. The van der Waals surface area contributed by atoms with Crippen molar-refractivity contribution in [2.75, 3.05) is 33.4 Å². The lowest BCUT2D eigenvalue weighted by Crippen LogP contribution is -2.37. The first kappa shape index (κ1) is 18.6. The molecule has 1 atom stereocenters. The first-order chi connectivity index (χ1) is 11.3. The van der Waals surface area contributed by atoms with Crippen LogP contribution in [0.5, 0.6) is 11.5 Å². The van der Waals surface area contributed by atoms with Gasteiger partial charge in [0, 0.05) is 6.54 Å². The Morgan fingerprint density at radius 3 is 2.42 bits per heavy atom. The van der Waals surface area contributed by atoms with Gasteiger partial charge in [-0.3, -0.25) is 0 Å². The maximum Gasteiger partial charge on any atom is 0.128 e. The second-order valence-electron chi connectivity index (χ2n) is 5.67. The summed E-state index contributed by atoms with van der Waals surface area (Å²) >= 11 is 0. The standard InChI is InChI=1S/C19H23NO3.ClH/c1-21-17-7-9-18(10-8-17)22-15-19(11-12-20-13-14-23-19)16-5-3-2-4-6-16;/h2-10,20H,11-15H2,1H3;1H. The fourth-order valence-corrected chi connectivity index (χ4v) is 2.84. The molecule has 24 heavy (non-hydrogen) atoms. The van der Waals surface area contributed by atoms with Crippen LogP contribution in [0.3, 0.4) is 0 Å². The van der Waals surface area contributed by atoms with Gasteiger partial charge in [-0.2, -0.15) is 0 Å². The summed E-state index contributed by atoms with van der Waals surface area (Å²) in [7, 11) is 1.66. The summed E-state index contributed by atoms with van der Waals surface area (Å²) in [6.07, 6.45) is 0.882. The third-order valence-corrected chi connectivity index (χ3v) is 4.19. The number of nitrogens with one attached hydrogen (secondary N) is 1. The van der Waals surface area contributed by atoms with Crippen LogP contribution in [0.25, 0.3) is 0 Å². The maximum absolute atomic E-state index is 6.23. The zero-order chi connectivity index (χ0) is 16.0. The van der Waals surface area contributed by atoms with Gasteiger partial charge in [0.2, 0.25) is 0 Å². The third-order valence-electron chi connectivity index (χ3n) is 4.19. The minimum atomic E-state index is -0.412. The van der Waals surface area contributed by atoms with Crippen molar-refractivity contribution >= 4 is 12.4 Å². The van der Waals surface area contributed by atoms with Crippen LogP contribution in [-0.2, 0) is 10.3 Å². The molecule has 1 saturated heterocycles. The van der Waals surface area contributed by atoms with E-state index < -0.39 is 5.60 Å². The van der Waals surface area contributed by atoms with Crippen molar-refractivity contribution in [3.8, 4) is 11.5 Å². The number of methoxy groups -OCH3 is 1. The normalized spacial score (nSPS) is 20.5. The minimum absolute atomic E-state index is 0. The molecule has 0 aromatic heterocycles. The van der Waals surface area contributed by atoms with E-state index in [1.54, 1.807) is 7.11 Å². The fraction of sp³-hybridized carbons (Fsp3) is 0.368. The Hall–Kier alpha value is -1.75. The second-order valence-corrected chi connectivity index (χ2v) is 5.67. The predicted octanol–water partition coefficient (Wildman–Crippen LogP) is 3.40. The van der Waals surface area contributed by atoms with Gasteiger partial charge in [-0.1, -0.05) is 30.3 Å². The summed E-state index contributed by atoms with van der Waals surface area (Å²) in [6, 6.07) is 18.0. The smallest absolute Gasteiger partial charge is 0.128 e. The Morgan fingerprint density at radius 2 is 1.71 bits per heavy atom. The van der Waals surface area contributed by atoms with Crippen LogP contribution >= 0.6 is 12.4 Å². The molecule has 1 N–H and O–H groups in total. The van der Waals surface area contributed by atoms with E-state index in [1.165, 1.54) is 0 Å². The van der Waals surface area contributed by atoms with E-state index in [0.29, 0.717) is 13.2 Å². The molecule has 2 aromatic rings. The Labute approximate surface area is 149 Å². The van der Waals surface area contributed by atoms with Crippen molar-refractivity contribution in [3.05, 3.63) is 60.2 Å². The largest absolute Gasteiger partial charge is 0.497 e. The van der Waals surface area contributed by atoms with Gasteiger partial charge in [0.25, 0.3) is 0 Å². The van der Waals surface area contributed by atoms with E-state index in [1.807, 2.05) is 42.5 Å². The minimum Gasteiger partial charge on any atom is -0.497 e. The van der Waals surface area contributed by atoms with Gasteiger partial charge in [0.15, 0.2) is 0 Å². The van der Waals surface area contributed by atoms with Crippen LogP contribution in [0.15, 0.2) is 54.6 Å². The summed E-state index contributed by atoms with van der Waals surface area (Å²) in [5.41, 5.74) is 0.752. The molecule has 4 nitrogen and oxygen atoms in total. The van der Waals surface area contributed by atoms with E-state index in [-0.39, 0.29) is 12.4 Å². The summed E-state index contributed by atoms with van der Waals surface area (Å²) in [5, 5.41) is 3.39. The number of ether oxygens (including phenoxy) is 3. The van der Waals surface area contributed by atoms with E-state index in [2.05, 4.69) is 17.4 Å². The monoisotopic (exact) mass is 349 g/mol. The zero-order valence-corrected chi connectivity index (χ0v) is 14.7. The topological polar surface area (TPSA) is 39.7 Å². The van der Waals surface area contributed by atoms with Crippen molar-refractivity contribution in [3.63, 3.8) is 0 Å². The first-order valence-corrected chi connectivity index (χ1v) is 7.99. The highest BCUT2D eigenvalue weighted by atomic mass is 35.5. The van der Waals surface area contributed by atoms with Gasteiger partial charge in [-0.15, -0.1) is 12.4 Å². The number of halogens is 1. The van der Waals surface area contributed by atoms with Crippen LogP contribution in [0.4, 0.5) is 0 Å². The Balaban J connectivity index is 0.00000208. The molecule has 0 amide bonds. The van der Waals surface area contributed by atoms with Gasteiger partial charge >= 0.3 is 0 Å². The van der Waals surface area contributed by atoms with Crippen LogP contribution in [-0.4, -0.2) is 33.4 Å². The van der Waals surface area contributed by atoms with Gasteiger partial charge in [-0.25, -0.2) is 0 Å². The number of hydrogen-bond acceptors (Lipinski definition) is 4. The highest BCUT2D eigenvalue weighted by Gasteiger charge is 2.35. The Morgan fingerprint density at radius 1 is 1.00 bits per heavy atom. The average molecular weight is 350 g/mol. The predicted molar refractivity (Wildman–Crippen MR) is 97.3 cm³/mol. The van der Waals surface area contributed by atoms with Crippen LogP contribution in [0.1, 0.15) is 12.0 Å². The van der Waals surface area contributed by atoms with Crippen molar-refractivity contribution in [2.24, 2.45) is 0 Å². The molecule has 0 spiro atoms. The highest BCUT2D eigenvalue weighted by Crippen LogP contribution is 2.31. The molecule has 2 aromatic carbocycles. The molecule has 0 aliphatic carbocycles. The van der Waals surface area contributed by atoms with Gasteiger partial charge in [0.1, 0.15) is 23.7 Å². The van der Waals surface area contributed by atoms with E-state index in [0.717, 1.165) is 36.6 Å². The Kier molecular flexibility index (Phi) is 6.91. The summed E-state index contributed by atoms with van der Waals surface area (Å²) < 4.78 is 17.5. The molecule has 3 rings (SSSR count). The number of rotatable bonds is 5. The first-order valence-electron chi connectivity index (χ1n) is 7.99. The lowest BCUT2D eigenvalue weighted by molar-refractivity contribution is -0.0724. The zero-order valence-electron chi connectivity index (χ0n) is 13.9.